The molecule has 0 aliphatic heterocycles. The number of pyridine rings is 1. The van der Waals surface area contributed by atoms with E-state index in [1.165, 1.54) is 32.1 Å². The van der Waals surface area contributed by atoms with E-state index in [9.17, 15) is 4.79 Å². The average Bonchev–Trinajstić information content (AvgIpc) is 2.73. The smallest absolute Gasteiger partial charge is 0.251 e. The number of nitrogens with one attached hydrogen (secondary N) is 1. The van der Waals surface area contributed by atoms with Gasteiger partial charge in [-0.15, -0.1) is 0 Å². The second kappa shape index (κ2) is 8.15. The Morgan fingerprint density at radius 1 is 0.966 bits per heavy atom. The molecule has 4 aliphatic rings. The van der Waals surface area contributed by atoms with E-state index < -0.39 is 0 Å². The Morgan fingerprint density at radius 2 is 1.69 bits per heavy atom. The summed E-state index contributed by atoms with van der Waals surface area (Å²) in [6.45, 7) is 0.515. The summed E-state index contributed by atoms with van der Waals surface area (Å²) >= 11 is 0. The van der Waals surface area contributed by atoms with Gasteiger partial charge in [0.1, 0.15) is 13.2 Å². The van der Waals surface area contributed by atoms with Gasteiger partial charge in [0.15, 0.2) is 11.6 Å². The van der Waals surface area contributed by atoms with Crippen molar-refractivity contribution in [2.24, 2.45) is 23.7 Å². The predicted molar refractivity (Wildman–Crippen MR) is 110 cm³/mol. The fourth-order valence-electron chi connectivity index (χ4n) is 5.82. The number of carbonyl (C=O) groups excluding carboxylic acids is 1. The zero-order chi connectivity index (χ0) is 19.6. The van der Waals surface area contributed by atoms with Gasteiger partial charge in [-0.05, 0) is 73.5 Å². The molecule has 0 atom stereocenters. The summed E-state index contributed by atoms with van der Waals surface area (Å²) in [7, 11) is 0. The van der Waals surface area contributed by atoms with E-state index in [-0.39, 0.29) is 18.6 Å². The number of ether oxygens (including phenoxy) is 2. The molecule has 5 nitrogen and oxygen atoms in total. The van der Waals surface area contributed by atoms with Gasteiger partial charge < -0.3 is 14.8 Å². The summed E-state index contributed by atoms with van der Waals surface area (Å²) in [6, 6.07) is 13.6. The van der Waals surface area contributed by atoms with Crippen molar-refractivity contribution in [2.75, 3.05) is 11.9 Å². The van der Waals surface area contributed by atoms with Crippen LogP contribution in [0.15, 0.2) is 48.7 Å². The summed E-state index contributed by atoms with van der Waals surface area (Å²) in [5.41, 5.74) is 1.07. The van der Waals surface area contributed by atoms with Gasteiger partial charge in [-0.3, -0.25) is 4.79 Å². The molecule has 4 bridgehead atoms. The van der Waals surface area contributed by atoms with Crippen LogP contribution >= 0.6 is 0 Å². The van der Waals surface area contributed by atoms with Crippen molar-refractivity contribution in [3.05, 3.63) is 54.2 Å². The fourth-order valence-corrected chi connectivity index (χ4v) is 5.82. The number of nitrogens with zero attached hydrogens (tertiary/aromatic N) is 1. The number of aromatic nitrogens is 1. The van der Waals surface area contributed by atoms with Gasteiger partial charge >= 0.3 is 0 Å². The Balaban J connectivity index is 1.16. The maximum atomic E-state index is 12.5. The standard InChI is InChI=1S/C24H28N2O3/c27-22(15-29-23-19-10-17-9-18(12-19)13-20(23)11-17)26-24-21(7-4-8-25-24)28-14-16-5-2-1-3-6-16/h1-8,17-20,23H,9-15H2,(H,25,26,27). The molecule has 1 heterocycles. The van der Waals surface area contributed by atoms with Crippen LogP contribution < -0.4 is 10.1 Å². The highest BCUT2D eigenvalue weighted by Gasteiger charge is 2.48. The van der Waals surface area contributed by atoms with Gasteiger partial charge in [0.25, 0.3) is 5.91 Å². The van der Waals surface area contributed by atoms with Crippen molar-refractivity contribution in [2.45, 2.75) is 44.8 Å². The Hall–Kier alpha value is -2.40. The lowest BCUT2D eigenvalue weighted by atomic mass is 9.55. The highest BCUT2D eigenvalue weighted by atomic mass is 16.5. The Kier molecular flexibility index (Phi) is 5.23. The lowest BCUT2D eigenvalue weighted by molar-refractivity contribution is -0.142. The molecular weight excluding hydrogens is 364 g/mol. The molecule has 152 valence electrons. The van der Waals surface area contributed by atoms with E-state index in [4.69, 9.17) is 9.47 Å². The van der Waals surface area contributed by atoms with Crippen molar-refractivity contribution < 1.29 is 14.3 Å². The topological polar surface area (TPSA) is 60.5 Å². The molecule has 5 heteroatoms. The first-order chi connectivity index (χ1) is 14.2. The molecule has 0 unspecified atom stereocenters. The predicted octanol–water partition coefficient (Wildman–Crippen LogP) is 4.44. The second-order valence-corrected chi connectivity index (χ2v) is 8.88. The molecule has 1 aromatic heterocycles. The van der Waals surface area contributed by atoms with Gasteiger partial charge in [-0.2, -0.15) is 0 Å². The molecule has 1 N–H and O–H groups in total. The van der Waals surface area contributed by atoms with E-state index in [0.717, 1.165) is 17.4 Å². The molecule has 4 aliphatic carbocycles. The minimum atomic E-state index is -0.165. The van der Waals surface area contributed by atoms with E-state index in [2.05, 4.69) is 10.3 Å². The summed E-state index contributed by atoms with van der Waals surface area (Å²) in [4.78, 5) is 16.8. The van der Waals surface area contributed by atoms with Crippen LogP contribution in [-0.2, 0) is 16.1 Å². The van der Waals surface area contributed by atoms with Gasteiger partial charge in [0.05, 0.1) is 6.10 Å². The molecule has 4 fully saturated rings. The lowest BCUT2D eigenvalue weighted by Gasteiger charge is -2.53. The van der Waals surface area contributed by atoms with E-state index in [0.29, 0.717) is 30.0 Å². The number of amides is 1. The lowest BCUT2D eigenvalue weighted by Crippen LogP contribution is -2.50. The highest BCUT2D eigenvalue weighted by Crippen LogP contribution is 2.54. The summed E-state index contributed by atoms with van der Waals surface area (Å²) in [5, 5.41) is 2.87. The van der Waals surface area contributed by atoms with Crippen LogP contribution in [0.1, 0.15) is 37.7 Å². The SMILES string of the molecule is O=C(COC1C2CC3CC(C2)CC1C3)Nc1ncccc1OCc1ccccc1. The van der Waals surface area contributed by atoms with Crippen LogP contribution in [0, 0.1) is 23.7 Å². The summed E-state index contributed by atoms with van der Waals surface area (Å²) in [5.74, 6) is 3.97. The molecule has 1 amide bonds. The summed E-state index contributed by atoms with van der Waals surface area (Å²) in [6.07, 6.45) is 8.49. The van der Waals surface area contributed by atoms with Crippen LogP contribution in [0.2, 0.25) is 0 Å². The van der Waals surface area contributed by atoms with Gasteiger partial charge in [0, 0.05) is 6.20 Å². The molecule has 29 heavy (non-hydrogen) atoms. The van der Waals surface area contributed by atoms with E-state index in [1.54, 1.807) is 12.3 Å². The monoisotopic (exact) mass is 392 g/mol. The Bertz CT molecular complexity index is 826. The van der Waals surface area contributed by atoms with Crippen molar-refractivity contribution in [3.8, 4) is 5.75 Å². The maximum absolute atomic E-state index is 12.5. The molecular formula is C24H28N2O3. The normalized spacial score (nSPS) is 29.6. The summed E-state index contributed by atoms with van der Waals surface area (Å²) < 4.78 is 12.0. The molecule has 0 radical (unpaired) electrons. The number of rotatable bonds is 7. The molecule has 0 saturated heterocycles. The van der Waals surface area contributed by atoms with Crippen molar-refractivity contribution in [3.63, 3.8) is 0 Å². The Morgan fingerprint density at radius 3 is 2.41 bits per heavy atom. The largest absolute Gasteiger partial charge is 0.485 e. The van der Waals surface area contributed by atoms with E-state index in [1.807, 2.05) is 36.4 Å². The highest BCUT2D eigenvalue weighted by molar-refractivity contribution is 5.92. The molecule has 2 aromatic rings. The average molecular weight is 392 g/mol. The minimum Gasteiger partial charge on any atom is -0.485 e. The molecule has 4 saturated carbocycles. The van der Waals surface area contributed by atoms with Gasteiger partial charge in [-0.1, -0.05) is 30.3 Å². The van der Waals surface area contributed by atoms with Crippen molar-refractivity contribution in [1.82, 2.24) is 4.98 Å². The van der Waals surface area contributed by atoms with Gasteiger partial charge in [-0.25, -0.2) is 4.98 Å². The number of carbonyl (C=O) groups is 1. The minimum absolute atomic E-state index is 0.0850. The number of benzene rings is 1. The van der Waals surface area contributed by atoms with Crippen LogP contribution in [0.4, 0.5) is 5.82 Å². The molecule has 1 aromatic carbocycles. The first kappa shape index (κ1) is 18.6. The molecule has 0 spiro atoms. The van der Waals surface area contributed by atoms with Crippen molar-refractivity contribution in [1.29, 1.82) is 0 Å². The van der Waals surface area contributed by atoms with Crippen LogP contribution in [0.5, 0.6) is 5.75 Å². The maximum Gasteiger partial charge on any atom is 0.251 e. The van der Waals surface area contributed by atoms with Crippen LogP contribution in [0.25, 0.3) is 0 Å². The van der Waals surface area contributed by atoms with Crippen LogP contribution in [-0.4, -0.2) is 23.6 Å². The zero-order valence-corrected chi connectivity index (χ0v) is 16.6. The van der Waals surface area contributed by atoms with E-state index >= 15 is 0 Å². The Labute approximate surface area is 171 Å². The third kappa shape index (κ3) is 4.15. The van der Waals surface area contributed by atoms with Crippen LogP contribution in [0.3, 0.4) is 0 Å². The fraction of sp³-hybridized carbons (Fsp3) is 0.500. The zero-order valence-electron chi connectivity index (χ0n) is 16.6. The van der Waals surface area contributed by atoms with Gasteiger partial charge in [0.2, 0.25) is 0 Å². The van der Waals surface area contributed by atoms with Crippen molar-refractivity contribution >= 4 is 11.7 Å². The number of hydrogen-bond donors (Lipinski definition) is 1. The number of hydrogen-bond acceptors (Lipinski definition) is 4. The second-order valence-electron chi connectivity index (χ2n) is 8.88. The first-order valence-corrected chi connectivity index (χ1v) is 10.8. The third-order valence-electron chi connectivity index (χ3n) is 6.81. The number of anilines is 1. The third-order valence-corrected chi connectivity index (χ3v) is 6.81. The quantitative estimate of drug-likeness (QED) is 0.757. The first-order valence-electron chi connectivity index (χ1n) is 10.8. The molecule has 6 rings (SSSR count).